The zero-order chi connectivity index (χ0) is 15.2. The van der Waals surface area contributed by atoms with Gasteiger partial charge in [0.05, 0.1) is 0 Å². The first-order chi connectivity index (χ1) is 9.42. The molecule has 1 atom stereocenters. The van der Waals surface area contributed by atoms with Crippen molar-refractivity contribution < 1.29 is 14.7 Å². The molecule has 1 amide bonds. The van der Waals surface area contributed by atoms with Gasteiger partial charge in [-0.3, -0.25) is 4.79 Å². The van der Waals surface area contributed by atoms with Gasteiger partial charge in [0.25, 0.3) is 0 Å². The van der Waals surface area contributed by atoms with Crippen LogP contribution in [0.5, 0.6) is 0 Å². The number of oxime groups is 1. The lowest BCUT2D eigenvalue weighted by Gasteiger charge is -2.35. The molecule has 1 aliphatic rings. The first-order valence-corrected chi connectivity index (χ1v) is 7.29. The second-order valence-electron chi connectivity index (χ2n) is 6.03. The van der Waals surface area contributed by atoms with Crippen molar-refractivity contribution in [2.24, 2.45) is 22.2 Å². The lowest BCUT2D eigenvalue weighted by atomic mass is 9.78. The van der Waals surface area contributed by atoms with Crippen LogP contribution in [0.4, 0.5) is 0 Å². The van der Waals surface area contributed by atoms with Gasteiger partial charge in [-0.1, -0.05) is 19.0 Å². The van der Waals surface area contributed by atoms with Crippen molar-refractivity contribution in [3.8, 4) is 0 Å². The largest absolute Gasteiger partial charge is 0.409 e. The summed E-state index contributed by atoms with van der Waals surface area (Å²) in [6.07, 6.45) is 2.88. The fourth-order valence-electron chi connectivity index (χ4n) is 2.43. The summed E-state index contributed by atoms with van der Waals surface area (Å²) in [5.41, 5.74) is 4.83. The molecule has 1 fully saturated rings. The molecule has 0 aromatic heterocycles. The van der Waals surface area contributed by atoms with Crippen molar-refractivity contribution >= 4 is 11.7 Å². The van der Waals surface area contributed by atoms with Crippen LogP contribution in [0.15, 0.2) is 5.16 Å². The SMILES string of the molecule is CC(C)CCC(C)NC(=O)C1(C(N)=NO)CCOCC1. The van der Waals surface area contributed by atoms with E-state index in [9.17, 15) is 4.79 Å². The van der Waals surface area contributed by atoms with E-state index in [0.717, 1.165) is 12.8 Å². The number of hydrogen-bond acceptors (Lipinski definition) is 4. The third kappa shape index (κ3) is 4.10. The maximum absolute atomic E-state index is 12.5. The molecule has 6 heteroatoms. The Labute approximate surface area is 120 Å². The summed E-state index contributed by atoms with van der Waals surface area (Å²) < 4.78 is 5.28. The number of nitrogens with zero attached hydrogens (tertiary/aromatic N) is 1. The lowest BCUT2D eigenvalue weighted by molar-refractivity contribution is -0.132. The molecule has 0 aromatic rings. The number of amidine groups is 1. The topological polar surface area (TPSA) is 96.9 Å². The smallest absolute Gasteiger partial charge is 0.234 e. The molecule has 0 spiro atoms. The third-order valence-corrected chi connectivity index (χ3v) is 3.93. The van der Waals surface area contributed by atoms with E-state index in [0.29, 0.717) is 32.0 Å². The number of ether oxygens (including phenoxy) is 1. The predicted octanol–water partition coefficient (Wildman–Crippen LogP) is 1.47. The van der Waals surface area contributed by atoms with Crippen molar-refractivity contribution in [3.05, 3.63) is 0 Å². The molecule has 4 N–H and O–H groups in total. The first kappa shape index (κ1) is 16.8. The van der Waals surface area contributed by atoms with Crippen LogP contribution in [-0.4, -0.2) is 36.2 Å². The van der Waals surface area contributed by atoms with E-state index in [1.54, 1.807) is 0 Å². The standard InChI is InChI=1S/C14H27N3O3/c1-10(2)4-5-11(3)16-13(18)14(12(15)17-19)6-8-20-9-7-14/h10-11,19H,4-9H2,1-3H3,(H2,15,17)(H,16,18). The Balaban J connectivity index is 2.69. The van der Waals surface area contributed by atoms with Crippen molar-refractivity contribution in [3.63, 3.8) is 0 Å². The van der Waals surface area contributed by atoms with Gasteiger partial charge >= 0.3 is 0 Å². The van der Waals surface area contributed by atoms with Crippen LogP contribution in [0.2, 0.25) is 0 Å². The molecule has 1 unspecified atom stereocenters. The molecule has 0 aliphatic carbocycles. The van der Waals surface area contributed by atoms with Gasteiger partial charge in [-0.2, -0.15) is 0 Å². The minimum atomic E-state index is -0.931. The minimum absolute atomic E-state index is 0.0191. The fraction of sp³-hybridized carbons (Fsp3) is 0.857. The quantitative estimate of drug-likeness (QED) is 0.298. The van der Waals surface area contributed by atoms with Gasteiger partial charge in [0, 0.05) is 19.3 Å². The average Bonchev–Trinajstić information content (AvgIpc) is 2.44. The molecule has 1 aliphatic heterocycles. The number of nitrogens with two attached hydrogens (primary N) is 1. The molecule has 116 valence electrons. The van der Waals surface area contributed by atoms with Crippen molar-refractivity contribution in [2.45, 2.75) is 52.5 Å². The van der Waals surface area contributed by atoms with Gasteiger partial charge in [0.2, 0.25) is 5.91 Å². The summed E-state index contributed by atoms with van der Waals surface area (Å²) in [5, 5.41) is 15.0. The van der Waals surface area contributed by atoms with E-state index < -0.39 is 5.41 Å². The molecule has 1 saturated heterocycles. The molecule has 0 aromatic carbocycles. The summed E-state index contributed by atoms with van der Waals surface area (Å²) in [7, 11) is 0. The van der Waals surface area contributed by atoms with Crippen LogP contribution >= 0.6 is 0 Å². The summed E-state index contributed by atoms with van der Waals surface area (Å²) in [6, 6.07) is 0.0797. The molecule has 1 rings (SSSR count). The monoisotopic (exact) mass is 285 g/mol. The Morgan fingerprint density at radius 2 is 1.95 bits per heavy atom. The molecule has 20 heavy (non-hydrogen) atoms. The van der Waals surface area contributed by atoms with Crippen LogP contribution in [0.3, 0.4) is 0 Å². The zero-order valence-electron chi connectivity index (χ0n) is 12.7. The van der Waals surface area contributed by atoms with Gasteiger partial charge in [-0.05, 0) is 38.5 Å². The lowest BCUT2D eigenvalue weighted by Crippen LogP contribution is -2.54. The highest BCUT2D eigenvalue weighted by atomic mass is 16.5. The van der Waals surface area contributed by atoms with E-state index in [1.165, 1.54) is 0 Å². The van der Waals surface area contributed by atoms with E-state index in [-0.39, 0.29) is 17.8 Å². The highest BCUT2D eigenvalue weighted by Gasteiger charge is 2.44. The second-order valence-corrected chi connectivity index (χ2v) is 6.03. The van der Waals surface area contributed by atoms with Gasteiger partial charge in [-0.15, -0.1) is 0 Å². The van der Waals surface area contributed by atoms with Crippen molar-refractivity contribution in [1.29, 1.82) is 0 Å². The van der Waals surface area contributed by atoms with Crippen LogP contribution in [-0.2, 0) is 9.53 Å². The Bertz CT molecular complexity index is 350. The minimum Gasteiger partial charge on any atom is -0.409 e. The van der Waals surface area contributed by atoms with E-state index in [1.807, 2.05) is 6.92 Å². The summed E-state index contributed by atoms with van der Waals surface area (Å²) in [5.74, 6) is 0.428. The number of carbonyl (C=O) groups is 1. The zero-order valence-corrected chi connectivity index (χ0v) is 12.7. The summed E-state index contributed by atoms with van der Waals surface area (Å²) in [4.78, 5) is 12.5. The van der Waals surface area contributed by atoms with Gasteiger partial charge in [-0.25, -0.2) is 0 Å². The molecule has 0 radical (unpaired) electrons. The Hall–Kier alpha value is -1.30. The molecule has 0 saturated carbocycles. The van der Waals surface area contributed by atoms with Crippen molar-refractivity contribution in [2.75, 3.05) is 13.2 Å². The number of hydrogen-bond donors (Lipinski definition) is 3. The molecule has 6 nitrogen and oxygen atoms in total. The van der Waals surface area contributed by atoms with Crippen LogP contribution in [0.1, 0.15) is 46.5 Å². The summed E-state index contributed by atoms with van der Waals surface area (Å²) in [6.45, 7) is 7.20. The Morgan fingerprint density at radius 3 is 2.45 bits per heavy atom. The highest BCUT2D eigenvalue weighted by Crippen LogP contribution is 2.31. The van der Waals surface area contributed by atoms with Crippen LogP contribution in [0.25, 0.3) is 0 Å². The first-order valence-electron chi connectivity index (χ1n) is 7.29. The van der Waals surface area contributed by atoms with E-state index >= 15 is 0 Å². The number of carbonyl (C=O) groups excluding carboxylic acids is 1. The predicted molar refractivity (Wildman–Crippen MR) is 77.6 cm³/mol. The third-order valence-electron chi connectivity index (χ3n) is 3.93. The summed E-state index contributed by atoms with van der Waals surface area (Å²) >= 11 is 0. The number of rotatable bonds is 6. The van der Waals surface area contributed by atoms with Crippen molar-refractivity contribution in [1.82, 2.24) is 5.32 Å². The van der Waals surface area contributed by atoms with Gasteiger partial charge < -0.3 is 21.0 Å². The normalized spacial score (nSPS) is 20.7. The fourth-order valence-corrected chi connectivity index (χ4v) is 2.43. The Morgan fingerprint density at radius 1 is 1.35 bits per heavy atom. The number of nitrogens with one attached hydrogen (secondary N) is 1. The molecule has 0 bridgehead atoms. The average molecular weight is 285 g/mol. The maximum atomic E-state index is 12.5. The van der Waals surface area contributed by atoms with Gasteiger partial charge in [0.1, 0.15) is 5.41 Å². The highest BCUT2D eigenvalue weighted by molar-refractivity contribution is 6.06. The molecule has 1 heterocycles. The Kier molecular flexibility index (Phi) is 6.26. The van der Waals surface area contributed by atoms with Crippen LogP contribution < -0.4 is 11.1 Å². The molecular weight excluding hydrogens is 258 g/mol. The maximum Gasteiger partial charge on any atom is 0.234 e. The van der Waals surface area contributed by atoms with E-state index in [2.05, 4.69) is 24.3 Å². The number of amides is 1. The second kappa shape index (κ2) is 7.47. The van der Waals surface area contributed by atoms with E-state index in [4.69, 9.17) is 15.7 Å². The van der Waals surface area contributed by atoms with Crippen LogP contribution in [0, 0.1) is 11.3 Å². The molecular formula is C14H27N3O3. The van der Waals surface area contributed by atoms with Gasteiger partial charge in [0.15, 0.2) is 5.84 Å².